The number of nitrogens with one attached hydrogen (secondary N) is 3. The van der Waals surface area contributed by atoms with Crippen LogP contribution in [0.3, 0.4) is 0 Å². The van der Waals surface area contributed by atoms with Gasteiger partial charge in [0, 0.05) is 37.8 Å². The van der Waals surface area contributed by atoms with Crippen molar-refractivity contribution in [1.82, 2.24) is 20.9 Å². The molecule has 31 heavy (non-hydrogen) atoms. The molecule has 1 aromatic carbocycles. The van der Waals surface area contributed by atoms with Gasteiger partial charge in [-0.2, -0.15) is 0 Å². The van der Waals surface area contributed by atoms with Crippen molar-refractivity contribution in [2.75, 3.05) is 26.2 Å². The van der Waals surface area contributed by atoms with E-state index in [0.29, 0.717) is 24.4 Å². The van der Waals surface area contributed by atoms with Crippen LogP contribution in [-0.2, 0) is 11.3 Å². The van der Waals surface area contributed by atoms with Crippen LogP contribution in [0.25, 0.3) is 0 Å². The summed E-state index contributed by atoms with van der Waals surface area (Å²) < 4.78 is 5.66. The van der Waals surface area contributed by atoms with Crippen molar-refractivity contribution in [2.24, 2.45) is 4.99 Å². The van der Waals surface area contributed by atoms with Crippen LogP contribution in [0.1, 0.15) is 57.4 Å². The molecular weight excluding hydrogens is 390 g/mol. The van der Waals surface area contributed by atoms with Crippen molar-refractivity contribution in [3.05, 3.63) is 29.8 Å². The predicted molar refractivity (Wildman–Crippen MR) is 123 cm³/mol. The van der Waals surface area contributed by atoms with E-state index in [0.717, 1.165) is 43.5 Å². The fourth-order valence-electron chi connectivity index (χ4n) is 4.57. The summed E-state index contributed by atoms with van der Waals surface area (Å²) >= 11 is 0. The summed E-state index contributed by atoms with van der Waals surface area (Å²) in [6, 6.07) is 9.46. The number of hydrogen-bond donors (Lipinski definition) is 3. The van der Waals surface area contributed by atoms with Crippen LogP contribution in [0.2, 0.25) is 0 Å². The number of likely N-dealkylation sites (tertiary alicyclic amines) is 1. The topological polar surface area (TPSA) is 78.0 Å². The van der Waals surface area contributed by atoms with Crippen molar-refractivity contribution >= 4 is 11.9 Å². The number of amides is 1. The van der Waals surface area contributed by atoms with E-state index in [2.05, 4.69) is 27.8 Å². The van der Waals surface area contributed by atoms with Gasteiger partial charge in [-0.3, -0.25) is 9.69 Å². The molecule has 1 saturated heterocycles. The van der Waals surface area contributed by atoms with E-state index in [-0.39, 0.29) is 12.5 Å². The first-order valence-electron chi connectivity index (χ1n) is 12.0. The van der Waals surface area contributed by atoms with E-state index in [1.165, 1.54) is 38.6 Å². The van der Waals surface area contributed by atoms with Gasteiger partial charge in [-0.25, -0.2) is 4.99 Å². The Balaban J connectivity index is 1.27. The summed E-state index contributed by atoms with van der Waals surface area (Å²) in [7, 11) is 0. The van der Waals surface area contributed by atoms with Gasteiger partial charge in [0.05, 0.1) is 6.54 Å². The van der Waals surface area contributed by atoms with Gasteiger partial charge in [0.25, 0.3) is 5.91 Å². The molecule has 1 atom stereocenters. The van der Waals surface area contributed by atoms with Crippen LogP contribution >= 0.6 is 0 Å². The maximum Gasteiger partial charge on any atom is 0.258 e. The van der Waals surface area contributed by atoms with Crippen molar-refractivity contribution in [2.45, 2.75) is 76.5 Å². The zero-order valence-corrected chi connectivity index (χ0v) is 18.7. The molecule has 2 saturated carbocycles. The maximum absolute atomic E-state index is 11.8. The van der Waals surface area contributed by atoms with Gasteiger partial charge in [0.15, 0.2) is 12.6 Å². The van der Waals surface area contributed by atoms with E-state index in [1.807, 2.05) is 24.3 Å². The first-order valence-corrected chi connectivity index (χ1v) is 12.0. The van der Waals surface area contributed by atoms with Crippen LogP contribution < -0.4 is 20.7 Å². The van der Waals surface area contributed by atoms with Crippen molar-refractivity contribution in [1.29, 1.82) is 0 Å². The Hall–Kier alpha value is -2.28. The highest BCUT2D eigenvalue weighted by Gasteiger charge is 2.30. The number of guanidine groups is 1. The molecule has 1 unspecified atom stereocenters. The zero-order chi connectivity index (χ0) is 21.5. The molecule has 7 heteroatoms. The summed E-state index contributed by atoms with van der Waals surface area (Å²) in [5.74, 6) is 1.53. The third-order valence-corrected chi connectivity index (χ3v) is 6.38. The Morgan fingerprint density at radius 1 is 1.13 bits per heavy atom. The van der Waals surface area contributed by atoms with Gasteiger partial charge in [-0.05, 0) is 56.7 Å². The first kappa shape index (κ1) is 21.9. The Morgan fingerprint density at radius 2 is 1.97 bits per heavy atom. The standard InChI is InChI=1S/C24H37N5O2/c1-2-25-24(28-20-12-13-29(16-20)21-7-3-4-8-21)26-15-18-6-5-9-22(14-18)31-17-23(30)27-19-10-11-19/h5-6,9,14,19-21H,2-4,7-8,10-13,15-17H2,1H3,(H,27,30)(H2,25,26,28). The molecule has 1 amide bonds. The maximum atomic E-state index is 11.8. The predicted octanol–water partition coefficient (Wildman–Crippen LogP) is 2.42. The number of rotatable bonds is 9. The smallest absolute Gasteiger partial charge is 0.258 e. The lowest BCUT2D eigenvalue weighted by Crippen LogP contribution is -2.45. The summed E-state index contributed by atoms with van der Waals surface area (Å²) in [5, 5.41) is 9.95. The van der Waals surface area contributed by atoms with Crippen LogP contribution in [0, 0.1) is 0 Å². The van der Waals surface area contributed by atoms with E-state index < -0.39 is 0 Å². The van der Waals surface area contributed by atoms with E-state index >= 15 is 0 Å². The third-order valence-electron chi connectivity index (χ3n) is 6.38. The highest BCUT2D eigenvalue weighted by molar-refractivity contribution is 5.80. The summed E-state index contributed by atoms with van der Waals surface area (Å²) in [6.45, 7) is 5.87. The Bertz CT molecular complexity index is 758. The summed E-state index contributed by atoms with van der Waals surface area (Å²) in [6.07, 6.45) is 8.84. The van der Waals surface area contributed by atoms with Gasteiger partial charge in [-0.15, -0.1) is 0 Å². The fourth-order valence-corrected chi connectivity index (χ4v) is 4.57. The number of hydrogen-bond acceptors (Lipinski definition) is 4. The second-order valence-electron chi connectivity index (χ2n) is 9.04. The molecule has 0 spiro atoms. The molecule has 170 valence electrons. The van der Waals surface area contributed by atoms with Crippen LogP contribution in [-0.4, -0.2) is 61.1 Å². The van der Waals surface area contributed by atoms with Crippen LogP contribution in [0.15, 0.2) is 29.3 Å². The third kappa shape index (κ3) is 6.86. The average Bonchev–Trinajstić information content (AvgIpc) is 3.22. The molecule has 1 aliphatic heterocycles. The number of ether oxygens (including phenoxy) is 1. The molecule has 1 aromatic rings. The molecule has 1 heterocycles. The number of nitrogens with zero attached hydrogens (tertiary/aromatic N) is 2. The Morgan fingerprint density at radius 3 is 2.74 bits per heavy atom. The monoisotopic (exact) mass is 427 g/mol. The average molecular weight is 428 g/mol. The molecule has 3 fully saturated rings. The molecule has 0 bridgehead atoms. The lowest BCUT2D eigenvalue weighted by Gasteiger charge is -2.24. The number of carbonyl (C=O) groups is 1. The lowest BCUT2D eigenvalue weighted by molar-refractivity contribution is -0.123. The van der Waals surface area contributed by atoms with E-state index in [1.54, 1.807) is 0 Å². The number of carbonyl (C=O) groups excluding carboxylic acids is 1. The van der Waals surface area contributed by atoms with Crippen molar-refractivity contribution in [3.63, 3.8) is 0 Å². The van der Waals surface area contributed by atoms with Crippen molar-refractivity contribution in [3.8, 4) is 5.75 Å². The largest absolute Gasteiger partial charge is 0.484 e. The summed E-state index contributed by atoms with van der Waals surface area (Å²) in [4.78, 5) is 19.3. The molecular formula is C24H37N5O2. The minimum atomic E-state index is -0.0484. The normalized spacial score (nSPS) is 22.5. The highest BCUT2D eigenvalue weighted by atomic mass is 16.5. The highest BCUT2D eigenvalue weighted by Crippen LogP contribution is 2.26. The summed E-state index contributed by atoms with van der Waals surface area (Å²) in [5.41, 5.74) is 1.07. The number of aliphatic imine (C=N–C) groups is 1. The quantitative estimate of drug-likeness (QED) is 0.417. The lowest BCUT2D eigenvalue weighted by atomic mass is 10.2. The van der Waals surface area contributed by atoms with Gasteiger partial charge in [0.1, 0.15) is 5.75 Å². The molecule has 7 nitrogen and oxygen atoms in total. The number of benzene rings is 1. The second kappa shape index (κ2) is 10.8. The zero-order valence-electron chi connectivity index (χ0n) is 18.7. The van der Waals surface area contributed by atoms with Crippen molar-refractivity contribution < 1.29 is 9.53 Å². The molecule has 4 rings (SSSR count). The Kier molecular flexibility index (Phi) is 7.67. The molecule has 0 aromatic heterocycles. The van der Waals surface area contributed by atoms with Crippen LogP contribution in [0.5, 0.6) is 5.75 Å². The van der Waals surface area contributed by atoms with Gasteiger partial charge in [0.2, 0.25) is 0 Å². The minimum Gasteiger partial charge on any atom is -0.484 e. The van der Waals surface area contributed by atoms with Gasteiger partial charge >= 0.3 is 0 Å². The second-order valence-corrected chi connectivity index (χ2v) is 9.04. The Labute approximate surface area is 186 Å². The first-order chi connectivity index (χ1) is 15.2. The van der Waals surface area contributed by atoms with Gasteiger partial charge < -0.3 is 20.7 Å². The molecule has 3 aliphatic rings. The van der Waals surface area contributed by atoms with E-state index in [4.69, 9.17) is 9.73 Å². The molecule has 0 radical (unpaired) electrons. The SMILES string of the molecule is CCNC(=NCc1cccc(OCC(=O)NC2CC2)c1)NC1CCN(C2CCCC2)C1. The van der Waals surface area contributed by atoms with Gasteiger partial charge in [-0.1, -0.05) is 25.0 Å². The van der Waals surface area contributed by atoms with Crippen LogP contribution in [0.4, 0.5) is 0 Å². The molecule has 3 N–H and O–H groups in total. The van der Waals surface area contributed by atoms with E-state index in [9.17, 15) is 4.79 Å². The fraction of sp³-hybridized carbons (Fsp3) is 0.667. The molecule has 2 aliphatic carbocycles. The minimum absolute atomic E-state index is 0.0484.